The van der Waals surface area contributed by atoms with Crippen LogP contribution in [0.1, 0.15) is 21.7 Å². The van der Waals surface area contributed by atoms with Crippen LogP contribution in [-0.4, -0.2) is 26.2 Å². The summed E-state index contributed by atoms with van der Waals surface area (Å²) in [6, 6.07) is 4.28. The summed E-state index contributed by atoms with van der Waals surface area (Å²) in [7, 11) is 0. The van der Waals surface area contributed by atoms with E-state index in [-0.39, 0.29) is 23.0 Å². The summed E-state index contributed by atoms with van der Waals surface area (Å²) in [5.41, 5.74) is -0.230. The molecule has 0 atom stereocenters. The molecule has 7 nitrogen and oxygen atoms in total. The standard InChI is InChI=1S/C14H10F3N5O2/c1-7-10(12(23)20-13-18-6-19-21-13)11(22-24-7)8-2-4-9(5-3-8)14(15,16)17/h2-6H,1H3,(H2,18,19,20,21,23). The molecule has 0 aliphatic carbocycles. The molecule has 0 aliphatic rings. The van der Waals surface area contributed by atoms with E-state index < -0.39 is 17.6 Å². The zero-order valence-corrected chi connectivity index (χ0v) is 12.2. The fourth-order valence-electron chi connectivity index (χ4n) is 2.09. The van der Waals surface area contributed by atoms with Gasteiger partial charge in [-0.3, -0.25) is 10.1 Å². The molecule has 0 saturated heterocycles. The summed E-state index contributed by atoms with van der Waals surface area (Å²) in [6.07, 6.45) is -3.22. The third-order valence-electron chi connectivity index (χ3n) is 3.22. The first-order valence-corrected chi connectivity index (χ1v) is 6.67. The van der Waals surface area contributed by atoms with Crippen molar-refractivity contribution in [3.05, 3.63) is 47.5 Å². The van der Waals surface area contributed by atoms with Crippen molar-refractivity contribution in [1.29, 1.82) is 0 Å². The third-order valence-corrected chi connectivity index (χ3v) is 3.22. The zero-order valence-electron chi connectivity index (χ0n) is 12.2. The number of anilines is 1. The van der Waals surface area contributed by atoms with Gasteiger partial charge in [0.1, 0.15) is 23.3 Å². The van der Waals surface area contributed by atoms with Crippen LogP contribution in [0.5, 0.6) is 0 Å². The Morgan fingerprint density at radius 3 is 2.54 bits per heavy atom. The Bertz CT molecular complexity index is 854. The Hall–Kier alpha value is -3.17. The molecule has 2 aromatic heterocycles. The molecule has 0 fully saturated rings. The number of alkyl halides is 3. The van der Waals surface area contributed by atoms with Crippen molar-refractivity contribution >= 4 is 11.9 Å². The molecule has 124 valence electrons. The normalized spacial score (nSPS) is 11.5. The second-order valence-electron chi connectivity index (χ2n) is 4.83. The van der Waals surface area contributed by atoms with Gasteiger partial charge in [-0.2, -0.15) is 23.3 Å². The van der Waals surface area contributed by atoms with Gasteiger partial charge in [0.05, 0.1) is 5.56 Å². The van der Waals surface area contributed by atoms with E-state index in [1.807, 2.05) is 0 Å². The molecule has 24 heavy (non-hydrogen) atoms. The predicted octanol–water partition coefficient (Wildman–Crippen LogP) is 3.04. The van der Waals surface area contributed by atoms with E-state index in [2.05, 4.69) is 25.7 Å². The number of carbonyl (C=O) groups is 1. The van der Waals surface area contributed by atoms with E-state index in [9.17, 15) is 18.0 Å². The number of benzene rings is 1. The largest absolute Gasteiger partial charge is 0.416 e. The predicted molar refractivity (Wildman–Crippen MR) is 76.0 cm³/mol. The summed E-state index contributed by atoms with van der Waals surface area (Å²) >= 11 is 0. The Morgan fingerprint density at radius 1 is 1.25 bits per heavy atom. The van der Waals surface area contributed by atoms with Crippen LogP contribution in [0.2, 0.25) is 0 Å². The lowest BCUT2D eigenvalue weighted by Crippen LogP contribution is -2.14. The monoisotopic (exact) mass is 337 g/mol. The van der Waals surface area contributed by atoms with Crippen LogP contribution in [0, 0.1) is 6.92 Å². The second-order valence-corrected chi connectivity index (χ2v) is 4.83. The van der Waals surface area contributed by atoms with Crippen LogP contribution in [0.15, 0.2) is 35.1 Å². The van der Waals surface area contributed by atoms with E-state index in [4.69, 9.17) is 4.52 Å². The number of rotatable bonds is 3. The van der Waals surface area contributed by atoms with Crippen LogP contribution in [0.4, 0.5) is 19.1 Å². The van der Waals surface area contributed by atoms with E-state index in [1.54, 1.807) is 0 Å². The van der Waals surface area contributed by atoms with Crippen molar-refractivity contribution in [2.45, 2.75) is 13.1 Å². The average molecular weight is 337 g/mol. The number of aryl methyl sites for hydroxylation is 1. The highest BCUT2D eigenvalue weighted by Crippen LogP contribution is 2.32. The summed E-state index contributed by atoms with van der Waals surface area (Å²) < 4.78 is 42.9. The van der Waals surface area contributed by atoms with Gasteiger partial charge in [0.25, 0.3) is 5.91 Å². The van der Waals surface area contributed by atoms with Gasteiger partial charge in [-0.05, 0) is 19.1 Å². The van der Waals surface area contributed by atoms with Gasteiger partial charge in [-0.15, -0.1) is 0 Å². The van der Waals surface area contributed by atoms with Crippen molar-refractivity contribution in [3.63, 3.8) is 0 Å². The number of hydrogen-bond acceptors (Lipinski definition) is 5. The third kappa shape index (κ3) is 2.98. The lowest BCUT2D eigenvalue weighted by atomic mass is 10.0. The summed E-state index contributed by atoms with van der Waals surface area (Å²) in [6.45, 7) is 1.52. The van der Waals surface area contributed by atoms with Crippen LogP contribution in [0.25, 0.3) is 11.3 Å². The Balaban J connectivity index is 1.93. The first kappa shape index (κ1) is 15.7. The first-order chi connectivity index (χ1) is 11.4. The minimum Gasteiger partial charge on any atom is -0.360 e. The van der Waals surface area contributed by atoms with Crippen molar-refractivity contribution in [2.24, 2.45) is 0 Å². The highest BCUT2D eigenvalue weighted by atomic mass is 19.4. The number of carbonyl (C=O) groups excluding carboxylic acids is 1. The van der Waals surface area contributed by atoms with E-state index in [0.717, 1.165) is 12.1 Å². The molecule has 0 unspecified atom stereocenters. The molecular weight excluding hydrogens is 327 g/mol. The average Bonchev–Trinajstić information content (AvgIpc) is 3.16. The molecule has 0 aliphatic heterocycles. The molecule has 0 saturated carbocycles. The smallest absolute Gasteiger partial charge is 0.360 e. The number of nitrogens with zero attached hydrogens (tertiary/aromatic N) is 3. The topological polar surface area (TPSA) is 96.7 Å². The molecule has 0 radical (unpaired) electrons. The fraction of sp³-hybridized carbons (Fsp3) is 0.143. The first-order valence-electron chi connectivity index (χ1n) is 6.67. The highest BCUT2D eigenvalue weighted by Gasteiger charge is 2.30. The van der Waals surface area contributed by atoms with Crippen LogP contribution < -0.4 is 5.32 Å². The summed E-state index contributed by atoms with van der Waals surface area (Å²) in [4.78, 5) is 16.1. The lowest BCUT2D eigenvalue weighted by Gasteiger charge is -2.07. The zero-order chi connectivity index (χ0) is 17.3. The van der Waals surface area contributed by atoms with Gasteiger partial charge < -0.3 is 4.52 Å². The minimum atomic E-state index is -4.44. The quantitative estimate of drug-likeness (QED) is 0.766. The molecule has 1 amide bonds. The number of halogens is 3. The van der Waals surface area contributed by atoms with E-state index in [1.165, 1.54) is 25.4 Å². The van der Waals surface area contributed by atoms with Gasteiger partial charge in [0.2, 0.25) is 5.95 Å². The molecule has 3 aromatic rings. The fourth-order valence-corrected chi connectivity index (χ4v) is 2.09. The molecule has 0 spiro atoms. The number of amides is 1. The number of aromatic nitrogens is 4. The highest BCUT2D eigenvalue weighted by molar-refractivity contribution is 6.08. The molecule has 2 N–H and O–H groups in total. The van der Waals surface area contributed by atoms with E-state index >= 15 is 0 Å². The van der Waals surface area contributed by atoms with E-state index in [0.29, 0.717) is 5.56 Å². The van der Waals surface area contributed by atoms with Crippen LogP contribution in [0.3, 0.4) is 0 Å². The Labute approximate surface area is 132 Å². The number of nitrogens with one attached hydrogen (secondary N) is 2. The van der Waals surface area contributed by atoms with Gasteiger partial charge in [0, 0.05) is 5.56 Å². The molecule has 1 aromatic carbocycles. The minimum absolute atomic E-state index is 0.103. The maximum absolute atomic E-state index is 12.6. The van der Waals surface area contributed by atoms with Gasteiger partial charge in [0.15, 0.2) is 0 Å². The Morgan fingerprint density at radius 2 is 1.96 bits per heavy atom. The van der Waals surface area contributed by atoms with Crippen molar-refractivity contribution in [3.8, 4) is 11.3 Å². The summed E-state index contributed by atoms with van der Waals surface area (Å²) in [5, 5.41) is 12.3. The Kier molecular flexibility index (Phi) is 3.80. The van der Waals surface area contributed by atoms with Gasteiger partial charge >= 0.3 is 6.18 Å². The summed E-state index contributed by atoms with van der Waals surface area (Å²) in [5.74, 6) is -0.221. The van der Waals surface area contributed by atoms with Gasteiger partial charge in [-0.25, -0.2) is 5.10 Å². The van der Waals surface area contributed by atoms with Crippen molar-refractivity contribution in [2.75, 3.05) is 5.32 Å². The second kappa shape index (κ2) is 5.80. The molecule has 3 rings (SSSR count). The SMILES string of the molecule is Cc1onc(-c2ccc(C(F)(F)F)cc2)c1C(=O)Nc1ncn[nH]1. The van der Waals surface area contributed by atoms with Crippen LogP contribution >= 0.6 is 0 Å². The van der Waals surface area contributed by atoms with Crippen molar-refractivity contribution < 1.29 is 22.5 Å². The van der Waals surface area contributed by atoms with Crippen LogP contribution in [-0.2, 0) is 6.18 Å². The number of hydrogen-bond donors (Lipinski definition) is 2. The number of aromatic amines is 1. The maximum Gasteiger partial charge on any atom is 0.416 e. The van der Waals surface area contributed by atoms with Crippen molar-refractivity contribution in [1.82, 2.24) is 20.3 Å². The molecular formula is C14H10F3N5O2. The maximum atomic E-state index is 12.6. The van der Waals surface area contributed by atoms with Gasteiger partial charge in [-0.1, -0.05) is 17.3 Å². The molecule has 10 heteroatoms. The molecule has 2 heterocycles. The number of H-pyrrole nitrogens is 1. The lowest BCUT2D eigenvalue weighted by molar-refractivity contribution is -0.137. The molecule has 0 bridgehead atoms.